The van der Waals surface area contributed by atoms with Gasteiger partial charge in [0.1, 0.15) is 11.6 Å². The number of benzene rings is 2. The Bertz CT molecular complexity index is 1040. The zero-order valence-electron chi connectivity index (χ0n) is 15.4. The van der Waals surface area contributed by atoms with Crippen LogP contribution in [-0.2, 0) is 21.9 Å². The maximum atomic E-state index is 13.9. The van der Waals surface area contributed by atoms with Gasteiger partial charge in [-0.25, -0.2) is 4.39 Å². The Morgan fingerprint density at radius 1 is 1.28 bits per heavy atom. The lowest BCUT2D eigenvalue weighted by molar-refractivity contribution is -0.114. The third kappa shape index (κ3) is 5.03. The Hall–Kier alpha value is -2.69. The number of carbonyl (C=O) groups excluding carboxylic acids is 1. The predicted octanol–water partition coefficient (Wildman–Crippen LogP) is 4.54. The molecule has 0 spiro atoms. The molecule has 1 aliphatic heterocycles. The van der Waals surface area contributed by atoms with Crippen LogP contribution in [0.4, 0.5) is 20.9 Å². The number of nitrogens with zero attached hydrogens (tertiary/aromatic N) is 2. The fourth-order valence-electron chi connectivity index (χ4n) is 2.82. The van der Waals surface area contributed by atoms with Crippen molar-refractivity contribution in [1.29, 1.82) is 0 Å². The molecule has 2 heterocycles. The van der Waals surface area contributed by atoms with Gasteiger partial charge < -0.3 is 20.1 Å². The van der Waals surface area contributed by atoms with Gasteiger partial charge in [-0.2, -0.15) is 0 Å². The van der Waals surface area contributed by atoms with Gasteiger partial charge in [0, 0.05) is 35.2 Å². The molecule has 7 nitrogen and oxygen atoms in total. The molecule has 2 aromatic carbocycles. The van der Waals surface area contributed by atoms with Crippen molar-refractivity contribution < 1.29 is 18.7 Å². The van der Waals surface area contributed by atoms with Crippen molar-refractivity contribution >= 4 is 45.5 Å². The van der Waals surface area contributed by atoms with Crippen LogP contribution >= 0.6 is 23.1 Å². The van der Waals surface area contributed by atoms with E-state index < -0.39 is 0 Å². The van der Waals surface area contributed by atoms with Crippen molar-refractivity contribution in [3.63, 3.8) is 0 Å². The minimum Gasteiger partial charge on any atom is -0.467 e. The number of aromatic nitrogens is 2. The third-order valence-electron chi connectivity index (χ3n) is 3.94. The van der Waals surface area contributed by atoms with Crippen molar-refractivity contribution in [2.45, 2.75) is 23.6 Å². The van der Waals surface area contributed by atoms with E-state index in [4.69, 9.17) is 9.47 Å². The first-order chi connectivity index (χ1) is 14.1. The largest absolute Gasteiger partial charge is 0.467 e. The molecule has 2 N–H and O–H groups in total. The number of ether oxygens (including phenoxy) is 2. The molecular weight excluding hydrogens is 415 g/mol. The van der Waals surface area contributed by atoms with Gasteiger partial charge in [0.05, 0.1) is 6.61 Å². The molecule has 4 rings (SSSR count). The number of anilines is 3. The molecule has 0 fully saturated rings. The third-order valence-corrected chi connectivity index (χ3v) is 5.96. The van der Waals surface area contributed by atoms with Crippen molar-refractivity contribution in [3.8, 4) is 5.75 Å². The van der Waals surface area contributed by atoms with Crippen LogP contribution in [-0.4, -0.2) is 22.9 Å². The Labute approximate surface area is 174 Å². The van der Waals surface area contributed by atoms with Crippen molar-refractivity contribution in [2.24, 2.45) is 0 Å². The fourth-order valence-corrected chi connectivity index (χ4v) is 4.56. The number of thioether (sulfide) groups is 1. The second-order valence-corrected chi connectivity index (χ2v) is 8.41. The van der Waals surface area contributed by atoms with Crippen molar-refractivity contribution in [3.05, 3.63) is 53.3 Å². The van der Waals surface area contributed by atoms with Crippen LogP contribution in [0.5, 0.6) is 5.75 Å². The monoisotopic (exact) mass is 432 g/mol. The Morgan fingerprint density at radius 3 is 3.00 bits per heavy atom. The SMILES string of the molecule is CC(=O)Nc1cccc(Nc2nnc(SCc3cc(F)cc4c3OCOC4)s2)c1. The molecule has 150 valence electrons. The first kappa shape index (κ1) is 19.6. The summed E-state index contributed by atoms with van der Waals surface area (Å²) >= 11 is 2.85. The van der Waals surface area contributed by atoms with Crippen molar-refractivity contribution in [1.82, 2.24) is 10.2 Å². The summed E-state index contributed by atoms with van der Waals surface area (Å²) in [5.74, 6) is 0.744. The average molecular weight is 433 g/mol. The first-order valence-electron chi connectivity index (χ1n) is 8.69. The van der Waals surface area contributed by atoms with Crippen LogP contribution in [0.1, 0.15) is 18.1 Å². The van der Waals surface area contributed by atoms with Gasteiger partial charge in [0.15, 0.2) is 11.1 Å². The molecule has 0 aliphatic carbocycles. The molecule has 0 saturated carbocycles. The van der Waals surface area contributed by atoms with Gasteiger partial charge in [-0.05, 0) is 30.3 Å². The highest BCUT2D eigenvalue weighted by atomic mass is 32.2. The lowest BCUT2D eigenvalue weighted by Gasteiger charge is -2.20. The van der Waals surface area contributed by atoms with Crippen molar-refractivity contribution in [2.75, 3.05) is 17.4 Å². The summed E-state index contributed by atoms with van der Waals surface area (Å²) in [5.41, 5.74) is 2.96. The van der Waals surface area contributed by atoms with Gasteiger partial charge in [0.2, 0.25) is 11.0 Å². The topological polar surface area (TPSA) is 85.4 Å². The van der Waals surface area contributed by atoms with E-state index in [-0.39, 0.29) is 18.5 Å². The molecule has 1 aromatic heterocycles. The molecule has 10 heteroatoms. The van der Waals surface area contributed by atoms with Crippen LogP contribution in [0.25, 0.3) is 0 Å². The summed E-state index contributed by atoms with van der Waals surface area (Å²) in [6.07, 6.45) is 0. The second kappa shape index (κ2) is 8.76. The first-order valence-corrected chi connectivity index (χ1v) is 10.5. The molecule has 3 aromatic rings. The summed E-state index contributed by atoms with van der Waals surface area (Å²) in [6.45, 7) is 1.97. The Morgan fingerprint density at radius 2 is 2.14 bits per heavy atom. The lowest BCUT2D eigenvalue weighted by Crippen LogP contribution is -2.13. The number of amides is 1. The van der Waals surface area contributed by atoms with E-state index in [1.165, 1.54) is 42.2 Å². The lowest BCUT2D eigenvalue weighted by atomic mass is 10.1. The number of carbonyl (C=O) groups is 1. The van der Waals surface area contributed by atoms with E-state index in [1.807, 2.05) is 18.2 Å². The summed E-state index contributed by atoms with van der Waals surface area (Å²) in [5, 5.41) is 14.9. The van der Waals surface area contributed by atoms with Gasteiger partial charge in [-0.3, -0.25) is 4.79 Å². The van der Waals surface area contributed by atoms with Crippen LogP contribution in [0.15, 0.2) is 40.7 Å². The van der Waals surface area contributed by atoms with Crippen LogP contribution in [0.3, 0.4) is 0 Å². The number of hydrogen-bond donors (Lipinski definition) is 2. The summed E-state index contributed by atoms with van der Waals surface area (Å²) in [4.78, 5) is 11.2. The highest BCUT2D eigenvalue weighted by Gasteiger charge is 2.17. The van der Waals surface area contributed by atoms with Crippen LogP contribution in [0.2, 0.25) is 0 Å². The molecule has 29 heavy (non-hydrogen) atoms. The minimum atomic E-state index is -0.313. The number of hydrogen-bond acceptors (Lipinski definition) is 8. The zero-order valence-corrected chi connectivity index (χ0v) is 17.0. The molecule has 0 saturated heterocycles. The Balaban J connectivity index is 1.42. The maximum Gasteiger partial charge on any atom is 0.221 e. The number of rotatable bonds is 6. The molecule has 0 radical (unpaired) electrons. The average Bonchev–Trinajstić information content (AvgIpc) is 3.13. The molecule has 1 amide bonds. The minimum absolute atomic E-state index is 0.133. The van der Waals surface area contributed by atoms with E-state index in [9.17, 15) is 9.18 Å². The normalized spacial score (nSPS) is 12.8. The molecule has 0 unspecified atom stereocenters. The predicted molar refractivity (Wildman–Crippen MR) is 110 cm³/mol. The van der Waals surface area contributed by atoms with Gasteiger partial charge in [0.25, 0.3) is 0 Å². The van der Waals surface area contributed by atoms with E-state index in [1.54, 1.807) is 6.07 Å². The highest BCUT2D eigenvalue weighted by molar-refractivity contribution is 8.00. The molecule has 0 atom stereocenters. The maximum absolute atomic E-state index is 13.9. The quantitative estimate of drug-likeness (QED) is 0.553. The van der Waals surface area contributed by atoms with Gasteiger partial charge in [-0.15, -0.1) is 10.2 Å². The highest BCUT2D eigenvalue weighted by Crippen LogP contribution is 2.36. The number of nitrogens with one attached hydrogen (secondary N) is 2. The van der Waals surface area contributed by atoms with E-state index in [2.05, 4.69) is 20.8 Å². The summed E-state index contributed by atoms with van der Waals surface area (Å²) in [7, 11) is 0. The molecular formula is C19H17FN4O3S2. The van der Waals surface area contributed by atoms with E-state index in [0.29, 0.717) is 34.5 Å². The number of halogens is 1. The standard InChI is InChI=1S/C19H17FN4O3S2/c1-11(25)21-15-3-2-4-16(7-15)22-18-23-24-19(29-18)28-9-13-6-14(20)5-12-8-26-10-27-17(12)13/h2-7H,8-10H2,1H3,(H,21,25)(H,22,23). The van der Waals surface area contributed by atoms with Gasteiger partial charge >= 0.3 is 0 Å². The van der Waals surface area contributed by atoms with E-state index in [0.717, 1.165) is 15.6 Å². The van der Waals surface area contributed by atoms with Crippen LogP contribution in [0, 0.1) is 5.82 Å². The fraction of sp³-hybridized carbons (Fsp3) is 0.211. The summed E-state index contributed by atoms with van der Waals surface area (Å²) in [6, 6.07) is 10.2. The van der Waals surface area contributed by atoms with Gasteiger partial charge in [-0.1, -0.05) is 29.2 Å². The zero-order chi connectivity index (χ0) is 20.2. The summed E-state index contributed by atoms with van der Waals surface area (Å²) < 4.78 is 25.4. The molecule has 1 aliphatic rings. The number of fused-ring (bicyclic) bond motifs is 1. The Kier molecular flexibility index (Phi) is 5.93. The van der Waals surface area contributed by atoms with E-state index >= 15 is 0 Å². The second-order valence-electron chi connectivity index (χ2n) is 6.21. The smallest absolute Gasteiger partial charge is 0.221 e. The van der Waals surface area contributed by atoms with Crippen LogP contribution < -0.4 is 15.4 Å². The molecule has 0 bridgehead atoms.